The number of nitrogens with one attached hydrogen (secondary N) is 1. The molecule has 6 nitrogen and oxygen atoms in total. The predicted octanol–water partition coefficient (Wildman–Crippen LogP) is 1.83. The summed E-state index contributed by atoms with van der Waals surface area (Å²) < 4.78 is 5.80. The number of nitrogens with two attached hydrogens (primary N) is 1. The molecule has 0 aliphatic carbocycles. The molecule has 0 radical (unpaired) electrons. The van der Waals surface area contributed by atoms with Crippen LogP contribution in [-0.4, -0.2) is 32.9 Å². The molecule has 0 amide bonds. The van der Waals surface area contributed by atoms with Gasteiger partial charge in [0.15, 0.2) is 5.78 Å². The van der Waals surface area contributed by atoms with Crippen molar-refractivity contribution in [2.75, 3.05) is 6.54 Å². The number of H-pyrrole nitrogens is 1. The second kappa shape index (κ2) is 5.42. The Morgan fingerprint density at radius 3 is 2.85 bits per heavy atom. The van der Waals surface area contributed by atoms with Crippen LogP contribution in [-0.2, 0) is 0 Å². The second-order valence-electron chi connectivity index (χ2n) is 5.32. The van der Waals surface area contributed by atoms with Gasteiger partial charge in [-0.1, -0.05) is 6.08 Å². The van der Waals surface area contributed by atoms with E-state index in [1.54, 1.807) is 12.3 Å². The van der Waals surface area contributed by atoms with Crippen molar-refractivity contribution < 1.29 is 9.53 Å². The van der Waals surface area contributed by atoms with E-state index in [0.29, 0.717) is 29.0 Å². The largest absolute Gasteiger partial charge is 0.471 e. The molecule has 3 N–H and O–H groups in total. The molecule has 0 saturated carbocycles. The normalized spacial score (nSPS) is 12.2. The minimum absolute atomic E-state index is 0.157. The van der Waals surface area contributed by atoms with E-state index >= 15 is 0 Å². The molecular formula is C14H18N4O2. The molecule has 0 atom stereocenters. The maximum absolute atomic E-state index is 12.1. The molecule has 0 bridgehead atoms. The van der Waals surface area contributed by atoms with Gasteiger partial charge in [-0.15, -0.1) is 0 Å². The Hall–Kier alpha value is -2.21. The number of carbonyl (C=O) groups is 1. The Morgan fingerprint density at radius 2 is 2.20 bits per heavy atom. The number of ether oxygens (including phenoxy) is 1. The first kappa shape index (κ1) is 14.2. The summed E-state index contributed by atoms with van der Waals surface area (Å²) in [5.74, 6) is 0.239. The number of fused-ring (bicyclic) bond motifs is 1. The highest BCUT2D eigenvalue weighted by Crippen LogP contribution is 2.28. The summed E-state index contributed by atoms with van der Waals surface area (Å²) in [4.78, 5) is 23.3. The molecule has 0 aliphatic rings. The number of allylic oxidation sites excluding steroid dienone is 1. The molecule has 106 valence electrons. The van der Waals surface area contributed by atoms with E-state index in [9.17, 15) is 4.79 Å². The summed E-state index contributed by atoms with van der Waals surface area (Å²) in [6, 6.07) is 0. The Kier molecular flexibility index (Phi) is 3.85. The number of hydrogen-bond acceptors (Lipinski definition) is 5. The lowest BCUT2D eigenvalue weighted by Crippen LogP contribution is -2.23. The first-order chi connectivity index (χ1) is 9.42. The summed E-state index contributed by atoms with van der Waals surface area (Å²) in [6.45, 7) is 6.08. The van der Waals surface area contributed by atoms with Crippen molar-refractivity contribution in [2.24, 2.45) is 5.73 Å². The number of rotatable bonds is 4. The lowest BCUT2D eigenvalue weighted by Gasteiger charge is -2.20. The number of aromatic nitrogens is 3. The van der Waals surface area contributed by atoms with Gasteiger partial charge in [0.25, 0.3) is 0 Å². The zero-order valence-corrected chi connectivity index (χ0v) is 11.8. The fourth-order valence-electron chi connectivity index (χ4n) is 1.76. The predicted molar refractivity (Wildman–Crippen MR) is 76.8 cm³/mol. The topological polar surface area (TPSA) is 93.9 Å². The van der Waals surface area contributed by atoms with Crippen molar-refractivity contribution in [3.63, 3.8) is 0 Å². The molecule has 2 aromatic rings. The van der Waals surface area contributed by atoms with Gasteiger partial charge in [-0.3, -0.25) is 4.79 Å². The molecular weight excluding hydrogens is 256 g/mol. The number of carbonyl (C=O) groups excluding carboxylic acids is 1. The van der Waals surface area contributed by atoms with Gasteiger partial charge in [-0.25, -0.2) is 9.97 Å². The average Bonchev–Trinajstić information content (AvgIpc) is 2.79. The molecule has 20 heavy (non-hydrogen) atoms. The standard InChI is InChI=1S/C14H18N4O2/c1-14(2,3)20-13-11-9(10(19)5-4-6-15)7-16-12(11)17-8-18-13/h4-5,7-8H,6,15H2,1-3H3,(H,16,17,18)/b5-4+. The monoisotopic (exact) mass is 274 g/mol. The van der Waals surface area contributed by atoms with E-state index < -0.39 is 5.60 Å². The SMILES string of the molecule is CC(C)(C)Oc1ncnc2[nH]cc(C(=O)/C=C/CN)c12. The van der Waals surface area contributed by atoms with E-state index in [1.807, 2.05) is 20.8 Å². The summed E-state index contributed by atoms with van der Waals surface area (Å²) in [6.07, 6.45) is 6.06. The Balaban J connectivity index is 2.52. The molecule has 0 saturated heterocycles. The van der Waals surface area contributed by atoms with Crippen molar-refractivity contribution in [3.05, 3.63) is 30.2 Å². The van der Waals surface area contributed by atoms with Crippen molar-refractivity contribution in [3.8, 4) is 5.88 Å². The van der Waals surface area contributed by atoms with Crippen molar-refractivity contribution in [2.45, 2.75) is 26.4 Å². The van der Waals surface area contributed by atoms with Crippen LogP contribution in [0.1, 0.15) is 31.1 Å². The first-order valence-electron chi connectivity index (χ1n) is 6.34. The van der Waals surface area contributed by atoms with Crippen LogP contribution in [0, 0.1) is 0 Å². The van der Waals surface area contributed by atoms with E-state index in [0.717, 1.165) is 0 Å². The van der Waals surface area contributed by atoms with Gasteiger partial charge >= 0.3 is 0 Å². The minimum atomic E-state index is -0.411. The molecule has 2 heterocycles. The Morgan fingerprint density at radius 1 is 1.45 bits per heavy atom. The second-order valence-corrected chi connectivity index (χ2v) is 5.32. The van der Waals surface area contributed by atoms with Crippen LogP contribution in [0.15, 0.2) is 24.7 Å². The van der Waals surface area contributed by atoms with E-state index in [4.69, 9.17) is 10.5 Å². The fourth-order valence-corrected chi connectivity index (χ4v) is 1.76. The molecule has 6 heteroatoms. The van der Waals surface area contributed by atoms with Crippen LogP contribution < -0.4 is 10.5 Å². The van der Waals surface area contributed by atoms with Crippen LogP contribution in [0.3, 0.4) is 0 Å². The zero-order chi connectivity index (χ0) is 14.8. The number of ketones is 1. The van der Waals surface area contributed by atoms with E-state index in [1.165, 1.54) is 12.4 Å². The summed E-state index contributed by atoms with van der Waals surface area (Å²) in [5, 5.41) is 0.592. The first-order valence-corrected chi connectivity index (χ1v) is 6.34. The Labute approximate surface area is 117 Å². The van der Waals surface area contributed by atoms with Gasteiger partial charge in [0, 0.05) is 12.7 Å². The number of nitrogens with zero attached hydrogens (tertiary/aromatic N) is 2. The Bertz CT molecular complexity index is 653. The van der Waals surface area contributed by atoms with Gasteiger partial charge in [0.05, 0.1) is 10.9 Å². The molecule has 2 aromatic heterocycles. The van der Waals surface area contributed by atoms with Crippen LogP contribution in [0.2, 0.25) is 0 Å². The highest BCUT2D eigenvalue weighted by molar-refractivity contribution is 6.13. The zero-order valence-electron chi connectivity index (χ0n) is 11.8. The van der Waals surface area contributed by atoms with Gasteiger partial charge in [-0.2, -0.15) is 0 Å². The third-order valence-electron chi connectivity index (χ3n) is 2.51. The van der Waals surface area contributed by atoms with Crippen LogP contribution >= 0.6 is 0 Å². The van der Waals surface area contributed by atoms with Crippen molar-refractivity contribution >= 4 is 16.8 Å². The lowest BCUT2D eigenvalue weighted by atomic mass is 10.1. The summed E-state index contributed by atoms with van der Waals surface area (Å²) >= 11 is 0. The van der Waals surface area contributed by atoms with E-state index in [-0.39, 0.29) is 5.78 Å². The van der Waals surface area contributed by atoms with Crippen LogP contribution in [0.5, 0.6) is 5.88 Å². The third kappa shape index (κ3) is 3.03. The van der Waals surface area contributed by atoms with Gasteiger partial charge < -0.3 is 15.5 Å². The van der Waals surface area contributed by atoms with Gasteiger partial charge in [0.2, 0.25) is 5.88 Å². The summed E-state index contributed by atoms with van der Waals surface area (Å²) in [7, 11) is 0. The molecule has 2 rings (SSSR count). The number of hydrogen-bond donors (Lipinski definition) is 2. The maximum Gasteiger partial charge on any atom is 0.227 e. The fraction of sp³-hybridized carbons (Fsp3) is 0.357. The average molecular weight is 274 g/mol. The molecule has 0 fully saturated rings. The molecule has 0 aliphatic heterocycles. The maximum atomic E-state index is 12.1. The summed E-state index contributed by atoms with van der Waals surface area (Å²) in [5.41, 5.74) is 6.00. The minimum Gasteiger partial charge on any atom is -0.471 e. The van der Waals surface area contributed by atoms with Crippen molar-refractivity contribution in [1.29, 1.82) is 0 Å². The smallest absolute Gasteiger partial charge is 0.227 e. The third-order valence-corrected chi connectivity index (χ3v) is 2.51. The van der Waals surface area contributed by atoms with Crippen LogP contribution in [0.25, 0.3) is 11.0 Å². The lowest BCUT2D eigenvalue weighted by molar-refractivity contribution is 0.104. The highest BCUT2D eigenvalue weighted by Gasteiger charge is 2.20. The molecule has 0 aromatic carbocycles. The molecule has 0 spiro atoms. The highest BCUT2D eigenvalue weighted by atomic mass is 16.5. The number of aromatic amines is 1. The van der Waals surface area contributed by atoms with E-state index in [2.05, 4.69) is 15.0 Å². The van der Waals surface area contributed by atoms with Crippen molar-refractivity contribution in [1.82, 2.24) is 15.0 Å². The van der Waals surface area contributed by atoms with Crippen LogP contribution in [0.4, 0.5) is 0 Å². The van der Waals surface area contributed by atoms with Gasteiger partial charge in [-0.05, 0) is 26.8 Å². The quantitative estimate of drug-likeness (QED) is 0.655. The molecule has 0 unspecified atom stereocenters. The van der Waals surface area contributed by atoms with Gasteiger partial charge in [0.1, 0.15) is 17.6 Å².